The summed E-state index contributed by atoms with van der Waals surface area (Å²) in [6.45, 7) is 0. The topological polar surface area (TPSA) is 46.0 Å². The van der Waals surface area contributed by atoms with E-state index in [1.54, 1.807) is 30.6 Å². The molecule has 0 aromatic carbocycles. The van der Waals surface area contributed by atoms with Crippen LogP contribution in [0.2, 0.25) is 0 Å². The minimum absolute atomic E-state index is 0.0961. The molecule has 2 aromatic rings. The van der Waals surface area contributed by atoms with Crippen LogP contribution in [0.1, 0.15) is 16.1 Å². The SMILES string of the molecule is O=C(c1cc[nH]c1)c1ccco1. The first-order valence-corrected chi connectivity index (χ1v) is 3.59. The lowest BCUT2D eigenvalue weighted by Gasteiger charge is -1.89. The molecule has 0 aliphatic heterocycles. The van der Waals surface area contributed by atoms with Crippen molar-refractivity contribution >= 4 is 5.78 Å². The molecule has 0 spiro atoms. The maximum absolute atomic E-state index is 11.5. The Bertz CT molecular complexity index is 323. The van der Waals surface area contributed by atoms with E-state index in [4.69, 9.17) is 4.42 Å². The van der Waals surface area contributed by atoms with E-state index in [0.29, 0.717) is 11.3 Å². The summed E-state index contributed by atoms with van der Waals surface area (Å²) in [5, 5.41) is 0. The molecule has 0 aliphatic carbocycles. The van der Waals surface area contributed by atoms with Crippen molar-refractivity contribution in [1.82, 2.24) is 4.98 Å². The van der Waals surface area contributed by atoms with Gasteiger partial charge in [0.2, 0.25) is 5.78 Å². The Balaban J connectivity index is 2.34. The Morgan fingerprint density at radius 2 is 2.33 bits per heavy atom. The Hall–Kier alpha value is -1.77. The van der Waals surface area contributed by atoms with Crippen LogP contribution in [0.4, 0.5) is 0 Å². The number of ketones is 1. The lowest BCUT2D eigenvalue weighted by Crippen LogP contribution is -1.96. The number of rotatable bonds is 2. The van der Waals surface area contributed by atoms with Crippen molar-refractivity contribution in [3.8, 4) is 0 Å². The van der Waals surface area contributed by atoms with E-state index in [0.717, 1.165) is 0 Å². The highest BCUT2D eigenvalue weighted by atomic mass is 16.3. The van der Waals surface area contributed by atoms with Gasteiger partial charge in [-0.2, -0.15) is 0 Å². The second-order valence-electron chi connectivity index (χ2n) is 2.41. The van der Waals surface area contributed by atoms with Gasteiger partial charge in [0.1, 0.15) is 0 Å². The van der Waals surface area contributed by atoms with Crippen molar-refractivity contribution in [2.75, 3.05) is 0 Å². The van der Waals surface area contributed by atoms with Gasteiger partial charge in [0.25, 0.3) is 0 Å². The molecule has 0 saturated heterocycles. The molecule has 3 nitrogen and oxygen atoms in total. The van der Waals surface area contributed by atoms with E-state index >= 15 is 0 Å². The van der Waals surface area contributed by atoms with E-state index in [9.17, 15) is 4.79 Å². The zero-order valence-corrected chi connectivity index (χ0v) is 6.28. The van der Waals surface area contributed by atoms with Crippen LogP contribution < -0.4 is 0 Å². The van der Waals surface area contributed by atoms with Crippen LogP contribution in [-0.2, 0) is 0 Å². The molecule has 0 atom stereocenters. The van der Waals surface area contributed by atoms with Crippen LogP contribution in [0.25, 0.3) is 0 Å². The molecule has 1 N–H and O–H groups in total. The third-order valence-corrected chi connectivity index (χ3v) is 1.61. The van der Waals surface area contributed by atoms with Crippen molar-refractivity contribution in [3.63, 3.8) is 0 Å². The summed E-state index contributed by atoms with van der Waals surface area (Å²) < 4.78 is 4.96. The number of aromatic nitrogens is 1. The molecule has 0 unspecified atom stereocenters. The number of furan rings is 1. The quantitative estimate of drug-likeness (QED) is 0.683. The summed E-state index contributed by atoms with van der Waals surface area (Å²) in [6.07, 6.45) is 4.83. The average Bonchev–Trinajstić information content (AvgIpc) is 2.77. The minimum atomic E-state index is -0.0961. The molecule has 12 heavy (non-hydrogen) atoms. The van der Waals surface area contributed by atoms with Gasteiger partial charge in [0.15, 0.2) is 5.76 Å². The minimum Gasteiger partial charge on any atom is -0.461 e. The second-order valence-corrected chi connectivity index (χ2v) is 2.41. The van der Waals surface area contributed by atoms with Gasteiger partial charge < -0.3 is 9.40 Å². The van der Waals surface area contributed by atoms with Crippen molar-refractivity contribution in [2.24, 2.45) is 0 Å². The van der Waals surface area contributed by atoms with Crippen molar-refractivity contribution in [3.05, 3.63) is 48.2 Å². The van der Waals surface area contributed by atoms with Gasteiger partial charge in [-0.1, -0.05) is 0 Å². The molecule has 3 heteroatoms. The number of aromatic amines is 1. The van der Waals surface area contributed by atoms with E-state index in [2.05, 4.69) is 4.98 Å². The zero-order valence-electron chi connectivity index (χ0n) is 6.28. The van der Waals surface area contributed by atoms with Crippen LogP contribution in [0.3, 0.4) is 0 Å². The molecule has 2 aromatic heterocycles. The first-order chi connectivity index (χ1) is 5.88. The number of H-pyrrole nitrogens is 1. The summed E-state index contributed by atoms with van der Waals surface area (Å²) in [5.41, 5.74) is 0.616. The predicted molar refractivity (Wildman–Crippen MR) is 42.9 cm³/mol. The van der Waals surface area contributed by atoms with Crippen molar-refractivity contribution < 1.29 is 9.21 Å². The van der Waals surface area contributed by atoms with Gasteiger partial charge >= 0.3 is 0 Å². The molecule has 0 radical (unpaired) electrons. The summed E-state index contributed by atoms with van der Waals surface area (Å²) >= 11 is 0. The zero-order chi connectivity index (χ0) is 8.39. The highest BCUT2D eigenvalue weighted by Gasteiger charge is 2.10. The largest absolute Gasteiger partial charge is 0.461 e. The molecule has 60 valence electrons. The molecular weight excluding hydrogens is 154 g/mol. The van der Waals surface area contributed by atoms with Crippen molar-refractivity contribution in [2.45, 2.75) is 0 Å². The number of carbonyl (C=O) groups excluding carboxylic acids is 1. The third-order valence-electron chi connectivity index (χ3n) is 1.61. The molecule has 0 amide bonds. The Morgan fingerprint density at radius 3 is 2.92 bits per heavy atom. The lowest BCUT2D eigenvalue weighted by molar-refractivity contribution is 0.101. The van der Waals surface area contributed by atoms with Gasteiger partial charge in [-0.05, 0) is 18.2 Å². The van der Waals surface area contributed by atoms with Crippen LogP contribution in [0.15, 0.2) is 41.3 Å². The average molecular weight is 161 g/mol. The lowest BCUT2D eigenvalue weighted by atomic mass is 10.2. The first kappa shape index (κ1) is 6.91. The summed E-state index contributed by atoms with van der Waals surface area (Å²) in [5.74, 6) is 0.274. The van der Waals surface area contributed by atoms with Crippen LogP contribution in [-0.4, -0.2) is 10.8 Å². The fraction of sp³-hybridized carbons (Fsp3) is 0. The predicted octanol–water partition coefficient (Wildman–Crippen LogP) is 1.84. The first-order valence-electron chi connectivity index (χ1n) is 3.59. The number of hydrogen-bond acceptors (Lipinski definition) is 2. The Labute approximate surface area is 69.0 Å². The smallest absolute Gasteiger partial charge is 0.229 e. The molecule has 2 heterocycles. The van der Waals surface area contributed by atoms with Crippen LogP contribution in [0, 0.1) is 0 Å². The van der Waals surface area contributed by atoms with Crippen LogP contribution in [0.5, 0.6) is 0 Å². The standard InChI is InChI=1S/C9H7NO2/c11-9(7-3-4-10-6-7)8-2-1-5-12-8/h1-6,10H. The van der Waals surface area contributed by atoms with E-state index in [1.807, 2.05) is 0 Å². The van der Waals surface area contributed by atoms with E-state index in [1.165, 1.54) is 6.26 Å². The van der Waals surface area contributed by atoms with E-state index < -0.39 is 0 Å². The van der Waals surface area contributed by atoms with Crippen LogP contribution >= 0.6 is 0 Å². The summed E-state index contributed by atoms with van der Waals surface area (Å²) in [7, 11) is 0. The molecule has 0 fully saturated rings. The molecule has 0 saturated carbocycles. The van der Waals surface area contributed by atoms with Gasteiger partial charge in [0, 0.05) is 18.0 Å². The maximum atomic E-state index is 11.5. The van der Waals surface area contributed by atoms with Crippen molar-refractivity contribution in [1.29, 1.82) is 0 Å². The molecule has 0 bridgehead atoms. The number of carbonyl (C=O) groups is 1. The summed E-state index contributed by atoms with van der Waals surface area (Å²) in [4.78, 5) is 14.3. The Kier molecular flexibility index (Phi) is 1.55. The van der Waals surface area contributed by atoms with Gasteiger partial charge in [-0.25, -0.2) is 0 Å². The number of hydrogen-bond donors (Lipinski definition) is 1. The van der Waals surface area contributed by atoms with Gasteiger partial charge in [0.05, 0.1) is 6.26 Å². The fourth-order valence-corrected chi connectivity index (χ4v) is 1.02. The van der Waals surface area contributed by atoms with Gasteiger partial charge in [-0.15, -0.1) is 0 Å². The van der Waals surface area contributed by atoms with E-state index in [-0.39, 0.29) is 5.78 Å². The molecule has 2 rings (SSSR count). The summed E-state index contributed by atoms with van der Waals surface area (Å²) in [6, 6.07) is 5.06. The fourth-order valence-electron chi connectivity index (χ4n) is 1.02. The molecule has 0 aliphatic rings. The highest BCUT2D eigenvalue weighted by Crippen LogP contribution is 2.08. The monoisotopic (exact) mass is 161 g/mol. The second kappa shape index (κ2) is 2.70. The van der Waals surface area contributed by atoms with Gasteiger partial charge in [-0.3, -0.25) is 4.79 Å². The highest BCUT2D eigenvalue weighted by molar-refractivity contribution is 6.06. The molecular formula is C9H7NO2. The maximum Gasteiger partial charge on any atom is 0.229 e. The number of nitrogens with one attached hydrogen (secondary N) is 1. The third kappa shape index (κ3) is 1.05. The Morgan fingerprint density at radius 1 is 1.42 bits per heavy atom. The normalized spacial score (nSPS) is 10.0.